The molecule has 3 aliphatic rings. The monoisotopic (exact) mass is 425 g/mol. The number of fused-ring (bicyclic) bond motifs is 2. The van der Waals surface area contributed by atoms with Crippen molar-refractivity contribution in [2.45, 2.75) is 43.3 Å². The van der Waals surface area contributed by atoms with Crippen LogP contribution in [0.25, 0.3) is 5.57 Å². The molecule has 1 aliphatic carbocycles. The van der Waals surface area contributed by atoms with E-state index in [0.717, 1.165) is 16.8 Å². The molecule has 1 N–H and O–H groups in total. The van der Waals surface area contributed by atoms with E-state index in [2.05, 4.69) is 0 Å². The summed E-state index contributed by atoms with van der Waals surface area (Å²) in [5, 5.41) is 9.76. The first-order valence-corrected chi connectivity index (χ1v) is 11.3. The highest BCUT2D eigenvalue weighted by Crippen LogP contribution is 2.50. The van der Waals surface area contributed by atoms with E-state index in [1.54, 1.807) is 18.2 Å². The van der Waals surface area contributed by atoms with Crippen molar-refractivity contribution in [3.8, 4) is 0 Å². The number of hydrogen-bond donors (Lipinski definition) is 1. The largest absolute Gasteiger partial charge is 0.480 e. The smallest absolute Gasteiger partial charge is 0.323 e. The normalized spacial score (nSPS) is 28.6. The van der Waals surface area contributed by atoms with Crippen LogP contribution in [0.1, 0.15) is 31.7 Å². The quantitative estimate of drug-likeness (QED) is 0.799. The first kappa shape index (κ1) is 19.5. The van der Waals surface area contributed by atoms with Gasteiger partial charge in [0.05, 0.1) is 10.6 Å². The number of halogens is 2. The lowest BCUT2D eigenvalue weighted by Crippen LogP contribution is -2.41. The number of aliphatic carboxylic acids is 1. The van der Waals surface area contributed by atoms with Crippen LogP contribution in [0.3, 0.4) is 0 Å². The van der Waals surface area contributed by atoms with Crippen LogP contribution >= 0.6 is 11.6 Å². The van der Waals surface area contributed by atoms with E-state index in [1.165, 1.54) is 6.07 Å². The number of rotatable bonds is 3. The zero-order valence-electron chi connectivity index (χ0n) is 15.4. The van der Waals surface area contributed by atoms with Crippen molar-refractivity contribution in [2.24, 2.45) is 5.92 Å². The average molecular weight is 426 g/mol. The van der Waals surface area contributed by atoms with Crippen LogP contribution < -0.4 is 0 Å². The van der Waals surface area contributed by atoms with Crippen molar-refractivity contribution in [1.29, 1.82) is 0 Å². The first-order chi connectivity index (χ1) is 13.2. The van der Waals surface area contributed by atoms with Gasteiger partial charge in [-0.05, 0) is 55.5 Å². The van der Waals surface area contributed by atoms with Gasteiger partial charge in [0, 0.05) is 28.2 Å². The van der Waals surface area contributed by atoms with Gasteiger partial charge < -0.3 is 10.0 Å². The van der Waals surface area contributed by atoms with Gasteiger partial charge in [0.15, 0.2) is 9.84 Å². The zero-order chi connectivity index (χ0) is 20.2. The van der Waals surface area contributed by atoms with Crippen molar-refractivity contribution < 1.29 is 22.7 Å². The second kappa shape index (κ2) is 6.88. The fraction of sp³-hybridized carbons (Fsp3) is 0.450. The second-order valence-corrected chi connectivity index (χ2v) is 10.1. The molecule has 5 nitrogen and oxygen atoms in total. The highest BCUT2D eigenvalue weighted by Gasteiger charge is 2.45. The third-order valence-electron chi connectivity index (χ3n) is 6.01. The molecular weight excluding hydrogens is 405 g/mol. The van der Waals surface area contributed by atoms with Crippen LogP contribution in [-0.2, 0) is 14.6 Å². The van der Waals surface area contributed by atoms with Crippen LogP contribution in [0.4, 0.5) is 4.39 Å². The van der Waals surface area contributed by atoms with E-state index in [9.17, 15) is 22.7 Å². The molecule has 28 heavy (non-hydrogen) atoms. The van der Waals surface area contributed by atoms with Crippen LogP contribution in [0.5, 0.6) is 0 Å². The van der Waals surface area contributed by atoms with Crippen molar-refractivity contribution in [3.05, 3.63) is 46.1 Å². The Labute approximate surface area is 168 Å². The number of carbonyl (C=O) groups is 1. The molecule has 1 aromatic rings. The van der Waals surface area contributed by atoms with Gasteiger partial charge in [-0.25, -0.2) is 12.8 Å². The van der Waals surface area contributed by atoms with E-state index < -0.39 is 22.0 Å². The lowest BCUT2D eigenvalue weighted by Gasteiger charge is -2.35. The number of carboxylic acid groups (broad SMARTS) is 1. The van der Waals surface area contributed by atoms with E-state index >= 15 is 0 Å². The molecule has 2 aliphatic heterocycles. The van der Waals surface area contributed by atoms with Gasteiger partial charge >= 0.3 is 5.97 Å². The summed E-state index contributed by atoms with van der Waals surface area (Å²) in [7, 11) is -3.45. The van der Waals surface area contributed by atoms with Crippen LogP contribution in [0.15, 0.2) is 40.4 Å². The molecule has 0 saturated heterocycles. The molecule has 4 rings (SSSR count). The maximum absolute atomic E-state index is 14.3. The molecule has 0 aromatic heterocycles. The average Bonchev–Trinajstić information content (AvgIpc) is 2.86. The highest BCUT2D eigenvalue weighted by molar-refractivity contribution is 7.91. The summed E-state index contributed by atoms with van der Waals surface area (Å²) < 4.78 is 39.3. The molecule has 150 valence electrons. The number of benzene rings is 1. The Morgan fingerprint density at radius 3 is 2.82 bits per heavy atom. The number of carboxylic acids is 1. The molecule has 8 heteroatoms. The molecule has 1 aromatic carbocycles. The fourth-order valence-electron chi connectivity index (χ4n) is 4.87. The molecule has 0 amide bonds. The minimum absolute atomic E-state index is 0.0832. The van der Waals surface area contributed by atoms with E-state index in [-0.39, 0.29) is 29.2 Å². The highest BCUT2D eigenvalue weighted by atomic mass is 35.5. The Kier molecular flexibility index (Phi) is 4.78. The Bertz CT molecular complexity index is 1020. The van der Waals surface area contributed by atoms with Crippen molar-refractivity contribution in [1.82, 2.24) is 4.90 Å². The number of sulfone groups is 1. The Hall–Kier alpha value is -1.86. The Morgan fingerprint density at radius 2 is 2.11 bits per heavy atom. The lowest BCUT2D eigenvalue weighted by molar-refractivity contribution is -0.138. The van der Waals surface area contributed by atoms with Gasteiger partial charge in [0.25, 0.3) is 0 Å². The van der Waals surface area contributed by atoms with Gasteiger partial charge in [-0.15, -0.1) is 0 Å². The predicted octanol–water partition coefficient (Wildman–Crippen LogP) is 3.69. The summed E-state index contributed by atoms with van der Waals surface area (Å²) in [6.07, 6.45) is 2.02. The maximum atomic E-state index is 14.3. The number of hydrogen-bond acceptors (Lipinski definition) is 4. The van der Waals surface area contributed by atoms with E-state index in [0.29, 0.717) is 29.8 Å². The third-order valence-corrected chi connectivity index (χ3v) is 7.88. The molecule has 1 saturated carbocycles. The summed E-state index contributed by atoms with van der Waals surface area (Å²) in [5.74, 6) is -1.24. The number of nitrogens with zero attached hydrogens (tertiary/aromatic N) is 1. The van der Waals surface area contributed by atoms with Gasteiger partial charge in [-0.1, -0.05) is 17.7 Å². The Morgan fingerprint density at radius 1 is 1.36 bits per heavy atom. The minimum Gasteiger partial charge on any atom is -0.480 e. The number of alkyl halides is 1. The maximum Gasteiger partial charge on any atom is 0.323 e. The molecule has 3 atom stereocenters. The third kappa shape index (κ3) is 3.14. The molecular formula is C20H21ClFNO4S. The molecule has 3 unspecified atom stereocenters. The standard InChI is InChI=1S/C20H21ClFNO4S/c1-11-20(16-9-13(22)3-4-17(16)23(11)10-19(24)25)14-6-7-28(26,27)18-5-2-12(21)8-15(14)18/h2,5-6,8,13,16-17H,3-4,7,9-10H2,1H3,(H,24,25). The summed E-state index contributed by atoms with van der Waals surface area (Å²) in [6, 6.07) is 4.61. The van der Waals surface area contributed by atoms with Gasteiger partial charge in [0.1, 0.15) is 12.7 Å². The van der Waals surface area contributed by atoms with E-state index in [4.69, 9.17) is 11.6 Å². The lowest BCUT2D eigenvalue weighted by atomic mass is 9.77. The van der Waals surface area contributed by atoms with Crippen molar-refractivity contribution >= 4 is 33.0 Å². The summed E-state index contributed by atoms with van der Waals surface area (Å²) >= 11 is 6.15. The van der Waals surface area contributed by atoms with Gasteiger partial charge in [-0.2, -0.15) is 0 Å². The van der Waals surface area contributed by atoms with Crippen LogP contribution in [0, 0.1) is 5.92 Å². The van der Waals surface area contributed by atoms with Crippen LogP contribution in [-0.4, -0.2) is 48.9 Å². The summed E-state index contributed by atoms with van der Waals surface area (Å²) in [6.45, 7) is 1.69. The number of allylic oxidation sites excluding steroid dienone is 2. The SMILES string of the molecule is CC1=C(C2=CCS(=O)(=O)c3ccc(Cl)cc32)C2CC(F)CCC2N1CC(=O)O. The van der Waals surface area contributed by atoms with Gasteiger partial charge in [0.2, 0.25) is 0 Å². The zero-order valence-corrected chi connectivity index (χ0v) is 16.9. The first-order valence-electron chi connectivity index (χ1n) is 9.25. The minimum atomic E-state index is -3.45. The van der Waals surface area contributed by atoms with E-state index in [1.807, 2.05) is 11.8 Å². The van der Waals surface area contributed by atoms with Crippen molar-refractivity contribution in [3.63, 3.8) is 0 Å². The topological polar surface area (TPSA) is 74.7 Å². The predicted molar refractivity (Wildman–Crippen MR) is 105 cm³/mol. The van der Waals surface area contributed by atoms with Gasteiger partial charge in [-0.3, -0.25) is 4.79 Å². The summed E-state index contributed by atoms with van der Waals surface area (Å²) in [4.78, 5) is 13.5. The van der Waals surface area contributed by atoms with Crippen LogP contribution in [0.2, 0.25) is 5.02 Å². The molecule has 2 heterocycles. The second-order valence-electron chi connectivity index (χ2n) is 7.64. The molecule has 0 spiro atoms. The Balaban J connectivity index is 1.87. The summed E-state index contributed by atoms with van der Waals surface area (Å²) in [5.41, 5.74) is 2.89. The van der Waals surface area contributed by atoms with Crippen molar-refractivity contribution in [2.75, 3.05) is 12.3 Å². The molecule has 1 fully saturated rings. The molecule has 0 bridgehead atoms. The molecule has 0 radical (unpaired) electrons. The fourth-order valence-corrected chi connectivity index (χ4v) is 6.38.